The van der Waals surface area contributed by atoms with Gasteiger partial charge in [-0.15, -0.1) is 24.0 Å². The summed E-state index contributed by atoms with van der Waals surface area (Å²) in [5, 5.41) is 17.7. The summed E-state index contributed by atoms with van der Waals surface area (Å²) in [7, 11) is 0. The monoisotopic (exact) mass is 474 g/mol. The number of rotatable bonds is 6. The van der Waals surface area contributed by atoms with Crippen LogP contribution in [0.1, 0.15) is 18.1 Å². The maximum absolute atomic E-state index is 10.7. The van der Waals surface area contributed by atoms with Crippen molar-refractivity contribution in [2.75, 3.05) is 6.54 Å². The number of hydrogen-bond donors (Lipinski definition) is 2. The quantitative estimate of drug-likeness (QED) is 0.217. The van der Waals surface area contributed by atoms with E-state index in [1.807, 2.05) is 31.2 Å². The Hall–Kier alpha value is -1.87. The second-order valence-corrected chi connectivity index (χ2v) is 5.54. The Kier molecular flexibility index (Phi) is 9.22. The minimum atomic E-state index is -0.408. The Morgan fingerprint density at radius 2 is 1.68 bits per heavy atom. The van der Waals surface area contributed by atoms with Gasteiger partial charge in [-0.1, -0.05) is 35.9 Å². The van der Waals surface area contributed by atoms with Gasteiger partial charge in [-0.05, 0) is 30.2 Å². The van der Waals surface area contributed by atoms with E-state index >= 15 is 0 Å². The van der Waals surface area contributed by atoms with Crippen LogP contribution in [-0.2, 0) is 13.1 Å². The van der Waals surface area contributed by atoms with Gasteiger partial charge < -0.3 is 10.6 Å². The molecule has 0 aliphatic rings. The number of halogens is 2. The van der Waals surface area contributed by atoms with E-state index in [-0.39, 0.29) is 29.7 Å². The number of nitro groups is 1. The zero-order valence-electron chi connectivity index (χ0n) is 13.7. The average Bonchev–Trinajstić information content (AvgIpc) is 2.59. The maximum atomic E-state index is 10.7. The van der Waals surface area contributed by atoms with Crippen LogP contribution in [0.25, 0.3) is 0 Å². The van der Waals surface area contributed by atoms with E-state index < -0.39 is 4.92 Å². The molecule has 0 bridgehead atoms. The lowest BCUT2D eigenvalue weighted by atomic mass is 10.2. The lowest BCUT2D eigenvalue weighted by Crippen LogP contribution is -2.36. The fraction of sp³-hybridized carbons (Fsp3) is 0.235. The van der Waals surface area contributed by atoms with Crippen LogP contribution >= 0.6 is 35.6 Å². The molecule has 0 saturated heterocycles. The van der Waals surface area contributed by atoms with Gasteiger partial charge in [0.25, 0.3) is 5.69 Å². The van der Waals surface area contributed by atoms with Gasteiger partial charge >= 0.3 is 0 Å². The highest BCUT2D eigenvalue weighted by Gasteiger charge is 2.04. The van der Waals surface area contributed by atoms with E-state index in [4.69, 9.17) is 11.6 Å². The van der Waals surface area contributed by atoms with Gasteiger partial charge in [0.05, 0.1) is 11.5 Å². The van der Waals surface area contributed by atoms with Crippen LogP contribution < -0.4 is 10.6 Å². The first-order valence-corrected chi connectivity index (χ1v) is 7.96. The van der Waals surface area contributed by atoms with E-state index in [0.717, 1.165) is 17.7 Å². The molecule has 0 aliphatic carbocycles. The predicted molar refractivity (Wildman–Crippen MR) is 112 cm³/mol. The van der Waals surface area contributed by atoms with Crippen LogP contribution in [0.15, 0.2) is 53.5 Å². The van der Waals surface area contributed by atoms with E-state index in [1.165, 1.54) is 12.1 Å². The number of guanidine groups is 1. The van der Waals surface area contributed by atoms with Crippen molar-refractivity contribution < 1.29 is 4.92 Å². The summed E-state index contributed by atoms with van der Waals surface area (Å²) in [6, 6.07) is 14.0. The molecule has 0 unspecified atom stereocenters. The highest BCUT2D eigenvalue weighted by molar-refractivity contribution is 14.0. The van der Waals surface area contributed by atoms with Crippen LogP contribution in [0, 0.1) is 10.1 Å². The minimum absolute atomic E-state index is 0. The first-order valence-electron chi connectivity index (χ1n) is 7.58. The highest BCUT2D eigenvalue weighted by Crippen LogP contribution is 2.12. The van der Waals surface area contributed by atoms with Crippen molar-refractivity contribution in [1.82, 2.24) is 10.6 Å². The standard InChI is InChI=1S/C17H19ClN4O2.HI/c1-2-19-17(20-11-13-3-7-15(18)8-4-13)21-12-14-5-9-16(10-6-14)22(23)24;/h3-10H,2,11-12H2,1H3,(H2,19,20,21);1H. The molecule has 0 aromatic heterocycles. The normalized spacial score (nSPS) is 10.7. The Labute approximate surface area is 168 Å². The number of non-ortho nitro benzene ring substituents is 1. The lowest BCUT2D eigenvalue weighted by Gasteiger charge is -2.11. The second-order valence-electron chi connectivity index (χ2n) is 5.10. The molecule has 0 aliphatic heterocycles. The molecular formula is C17H20ClIN4O2. The first-order chi connectivity index (χ1) is 11.6. The molecule has 2 aromatic rings. The minimum Gasteiger partial charge on any atom is -0.357 e. The number of hydrogen-bond acceptors (Lipinski definition) is 3. The van der Waals surface area contributed by atoms with Crippen LogP contribution in [0.4, 0.5) is 5.69 Å². The van der Waals surface area contributed by atoms with Crippen LogP contribution in [0.3, 0.4) is 0 Å². The molecule has 8 heteroatoms. The molecule has 0 radical (unpaired) electrons. The number of aliphatic imine (C=N–C) groups is 1. The summed E-state index contributed by atoms with van der Waals surface area (Å²) in [4.78, 5) is 14.8. The molecule has 2 rings (SSSR count). The van der Waals surface area contributed by atoms with Crippen molar-refractivity contribution in [3.63, 3.8) is 0 Å². The molecule has 0 atom stereocenters. The number of benzene rings is 2. The summed E-state index contributed by atoms with van der Waals surface area (Å²) in [6.07, 6.45) is 0. The Bertz CT molecular complexity index is 706. The SMILES string of the molecule is CCNC(=NCc1ccc(Cl)cc1)NCc1ccc([N+](=O)[O-])cc1.I. The molecule has 6 nitrogen and oxygen atoms in total. The van der Waals surface area contributed by atoms with E-state index in [9.17, 15) is 10.1 Å². The van der Waals surface area contributed by atoms with E-state index in [0.29, 0.717) is 24.1 Å². The van der Waals surface area contributed by atoms with Gasteiger partial charge in [0.1, 0.15) is 0 Å². The van der Waals surface area contributed by atoms with Crippen molar-refractivity contribution in [3.8, 4) is 0 Å². The molecule has 2 N–H and O–H groups in total. The van der Waals surface area contributed by atoms with Gasteiger partial charge in [-0.2, -0.15) is 0 Å². The van der Waals surface area contributed by atoms with Crippen molar-refractivity contribution in [1.29, 1.82) is 0 Å². The van der Waals surface area contributed by atoms with Gasteiger partial charge in [0.15, 0.2) is 5.96 Å². The second kappa shape index (κ2) is 10.9. The molecule has 0 saturated carbocycles. The van der Waals surface area contributed by atoms with Gasteiger partial charge in [-0.3, -0.25) is 10.1 Å². The smallest absolute Gasteiger partial charge is 0.269 e. The van der Waals surface area contributed by atoms with Gasteiger partial charge in [0.2, 0.25) is 0 Å². The van der Waals surface area contributed by atoms with Crippen LogP contribution in [-0.4, -0.2) is 17.4 Å². The lowest BCUT2D eigenvalue weighted by molar-refractivity contribution is -0.384. The summed E-state index contributed by atoms with van der Waals surface area (Å²) in [5.41, 5.74) is 2.09. The Morgan fingerprint density at radius 3 is 2.24 bits per heavy atom. The summed E-state index contributed by atoms with van der Waals surface area (Å²) < 4.78 is 0. The number of nitrogens with zero attached hydrogens (tertiary/aromatic N) is 2. The molecule has 0 amide bonds. The third-order valence-corrected chi connectivity index (χ3v) is 3.54. The van der Waals surface area contributed by atoms with Crippen LogP contribution in [0.5, 0.6) is 0 Å². The van der Waals surface area contributed by atoms with Crippen LogP contribution in [0.2, 0.25) is 5.02 Å². The average molecular weight is 475 g/mol. The zero-order chi connectivity index (χ0) is 17.4. The van der Waals surface area contributed by atoms with Gasteiger partial charge in [-0.25, -0.2) is 4.99 Å². The number of nitrogens with one attached hydrogen (secondary N) is 2. The first kappa shape index (κ1) is 21.2. The topological polar surface area (TPSA) is 79.6 Å². The molecule has 0 heterocycles. The molecular weight excluding hydrogens is 455 g/mol. The van der Waals surface area contributed by atoms with Gasteiger partial charge in [0, 0.05) is 30.2 Å². The molecule has 2 aromatic carbocycles. The largest absolute Gasteiger partial charge is 0.357 e. The number of nitro benzene ring substituents is 1. The summed E-state index contributed by atoms with van der Waals surface area (Å²) >= 11 is 5.87. The molecule has 0 fully saturated rings. The zero-order valence-corrected chi connectivity index (χ0v) is 16.8. The molecule has 25 heavy (non-hydrogen) atoms. The van der Waals surface area contributed by atoms with Crippen molar-refractivity contribution >= 4 is 47.2 Å². The van der Waals surface area contributed by atoms with Crippen molar-refractivity contribution in [2.24, 2.45) is 4.99 Å². The summed E-state index contributed by atoms with van der Waals surface area (Å²) in [6.45, 7) is 3.80. The van der Waals surface area contributed by atoms with Crippen molar-refractivity contribution in [3.05, 3.63) is 74.8 Å². The third-order valence-electron chi connectivity index (χ3n) is 3.28. The Morgan fingerprint density at radius 1 is 1.08 bits per heavy atom. The van der Waals surface area contributed by atoms with E-state index in [1.54, 1.807) is 12.1 Å². The fourth-order valence-electron chi connectivity index (χ4n) is 2.02. The molecule has 134 valence electrons. The van der Waals surface area contributed by atoms with E-state index in [2.05, 4.69) is 15.6 Å². The Balaban J connectivity index is 0.00000312. The third kappa shape index (κ3) is 7.27. The predicted octanol–water partition coefficient (Wildman–Crippen LogP) is 4.12. The fourth-order valence-corrected chi connectivity index (χ4v) is 2.15. The maximum Gasteiger partial charge on any atom is 0.269 e. The highest BCUT2D eigenvalue weighted by atomic mass is 127. The summed E-state index contributed by atoms with van der Waals surface area (Å²) in [5.74, 6) is 0.686. The molecule has 0 spiro atoms. The van der Waals surface area contributed by atoms with Crippen molar-refractivity contribution in [2.45, 2.75) is 20.0 Å².